The summed E-state index contributed by atoms with van der Waals surface area (Å²) < 4.78 is 0. The van der Waals surface area contributed by atoms with E-state index in [2.05, 4.69) is 9.97 Å². The summed E-state index contributed by atoms with van der Waals surface area (Å²) in [5.41, 5.74) is 6.34. The van der Waals surface area contributed by atoms with Gasteiger partial charge < -0.3 is 5.73 Å². The van der Waals surface area contributed by atoms with E-state index in [4.69, 9.17) is 17.3 Å². The lowest BCUT2D eigenvalue weighted by Gasteiger charge is -1.91. The smallest absolute Gasteiger partial charge is 0.145 e. The number of thiazole rings is 1. The van der Waals surface area contributed by atoms with Gasteiger partial charge in [-0.2, -0.15) is 0 Å². The molecule has 2 N–H and O–H groups in total. The highest BCUT2D eigenvalue weighted by atomic mass is 35.5. The van der Waals surface area contributed by atoms with Crippen LogP contribution in [0.25, 0.3) is 10.7 Å². The van der Waals surface area contributed by atoms with Gasteiger partial charge in [0.25, 0.3) is 0 Å². The first kappa shape index (κ1) is 9.58. The molecule has 0 aliphatic rings. The van der Waals surface area contributed by atoms with E-state index in [-0.39, 0.29) is 0 Å². The summed E-state index contributed by atoms with van der Waals surface area (Å²) in [5, 5.41) is 1.30. The van der Waals surface area contributed by atoms with Crippen LogP contribution in [0, 0.1) is 0 Å². The first-order valence-electron chi connectivity index (χ1n) is 4.08. The fourth-order valence-corrected chi connectivity index (χ4v) is 2.19. The molecule has 0 aromatic carbocycles. The molecular weight excluding hydrogens is 218 g/mol. The molecule has 0 amide bonds. The Balaban J connectivity index is 2.43. The van der Waals surface area contributed by atoms with E-state index in [1.54, 1.807) is 6.20 Å². The zero-order valence-corrected chi connectivity index (χ0v) is 8.85. The van der Waals surface area contributed by atoms with E-state index >= 15 is 0 Å². The second-order valence-electron chi connectivity index (χ2n) is 2.65. The highest BCUT2D eigenvalue weighted by molar-refractivity contribution is 7.15. The summed E-state index contributed by atoms with van der Waals surface area (Å²) in [6, 6.07) is 5.68. The maximum atomic E-state index is 5.89. The number of rotatable bonds is 2. The molecule has 0 atom stereocenters. The number of pyridine rings is 1. The minimum absolute atomic E-state index is 0.420. The van der Waals surface area contributed by atoms with E-state index in [0.29, 0.717) is 11.7 Å². The first-order chi connectivity index (χ1) is 6.81. The molecule has 72 valence electrons. The first-order valence-corrected chi connectivity index (χ1v) is 5.27. The van der Waals surface area contributed by atoms with Crippen molar-refractivity contribution in [2.45, 2.75) is 6.54 Å². The van der Waals surface area contributed by atoms with Crippen LogP contribution in [0.1, 0.15) is 4.88 Å². The SMILES string of the molecule is NCc1sc(-c2ccccn2)nc1Cl. The van der Waals surface area contributed by atoms with Gasteiger partial charge in [-0.25, -0.2) is 4.98 Å². The molecule has 2 aromatic heterocycles. The van der Waals surface area contributed by atoms with Crippen molar-refractivity contribution in [3.8, 4) is 10.7 Å². The minimum Gasteiger partial charge on any atom is -0.326 e. The van der Waals surface area contributed by atoms with Crippen molar-refractivity contribution in [3.63, 3.8) is 0 Å². The van der Waals surface area contributed by atoms with Crippen LogP contribution in [0.4, 0.5) is 0 Å². The van der Waals surface area contributed by atoms with Gasteiger partial charge in [-0.15, -0.1) is 11.3 Å². The largest absolute Gasteiger partial charge is 0.326 e. The highest BCUT2D eigenvalue weighted by Gasteiger charge is 2.09. The zero-order valence-electron chi connectivity index (χ0n) is 7.27. The summed E-state index contributed by atoms with van der Waals surface area (Å²) in [4.78, 5) is 9.28. The fourth-order valence-electron chi connectivity index (χ4n) is 1.06. The average Bonchev–Trinajstić information content (AvgIpc) is 2.61. The monoisotopic (exact) mass is 225 g/mol. The van der Waals surface area contributed by atoms with Gasteiger partial charge in [-0.05, 0) is 12.1 Å². The van der Waals surface area contributed by atoms with Crippen LogP contribution in [0.3, 0.4) is 0 Å². The summed E-state index contributed by atoms with van der Waals surface area (Å²) in [7, 11) is 0. The van der Waals surface area contributed by atoms with E-state index in [0.717, 1.165) is 15.6 Å². The summed E-state index contributed by atoms with van der Waals surface area (Å²) in [5.74, 6) is 0. The second-order valence-corrected chi connectivity index (χ2v) is 4.09. The number of halogens is 1. The predicted octanol–water partition coefficient (Wildman–Crippen LogP) is 2.32. The van der Waals surface area contributed by atoms with E-state index in [1.807, 2.05) is 18.2 Å². The molecule has 0 aliphatic carbocycles. The Morgan fingerprint density at radius 3 is 2.86 bits per heavy atom. The number of aromatic nitrogens is 2. The Bertz CT molecular complexity index is 427. The van der Waals surface area contributed by atoms with E-state index < -0.39 is 0 Å². The number of hydrogen-bond donors (Lipinski definition) is 1. The average molecular weight is 226 g/mol. The molecular formula is C9H8ClN3S. The lowest BCUT2D eigenvalue weighted by atomic mass is 10.4. The molecule has 0 aliphatic heterocycles. The van der Waals surface area contributed by atoms with Crippen molar-refractivity contribution < 1.29 is 0 Å². The number of hydrogen-bond acceptors (Lipinski definition) is 4. The number of nitrogens with two attached hydrogens (primary N) is 1. The summed E-state index contributed by atoms with van der Waals surface area (Å²) in [6.45, 7) is 0.420. The number of nitrogens with zero attached hydrogens (tertiary/aromatic N) is 2. The van der Waals surface area contributed by atoms with Crippen molar-refractivity contribution >= 4 is 22.9 Å². The highest BCUT2D eigenvalue weighted by Crippen LogP contribution is 2.28. The van der Waals surface area contributed by atoms with Gasteiger partial charge in [0.05, 0.1) is 10.6 Å². The molecule has 0 spiro atoms. The third kappa shape index (κ3) is 1.77. The molecule has 0 saturated heterocycles. The molecule has 14 heavy (non-hydrogen) atoms. The zero-order chi connectivity index (χ0) is 9.97. The lowest BCUT2D eigenvalue weighted by Crippen LogP contribution is -1.92. The van der Waals surface area contributed by atoms with Gasteiger partial charge in [-0.1, -0.05) is 17.7 Å². The van der Waals surface area contributed by atoms with Gasteiger partial charge >= 0.3 is 0 Å². The van der Waals surface area contributed by atoms with Gasteiger partial charge in [-0.3, -0.25) is 4.98 Å². The lowest BCUT2D eigenvalue weighted by molar-refractivity contribution is 1.10. The Labute approximate surface area is 90.6 Å². The molecule has 2 rings (SSSR count). The van der Waals surface area contributed by atoms with Gasteiger partial charge in [0.15, 0.2) is 0 Å². The maximum absolute atomic E-state index is 5.89. The molecule has 0 saturated carbocycles. The molecule has 0 bridgehead atoms. The maximum Gasteiger partial charge on any atom is 0.145 e. The second kappa shape index (κ2) is 4.04. The quantitative estimate of drug-likeness (QED) is 0.854. The molecule has 2 heterocycles. The molecule has 2 aromatic rings. The Kier molecular flexibility index (Phi) is 2.77. The van der Waals surface area contributed by atoms with Crippen LogP contribution in [-0.4, -0.2) is 9.97 Å². The summed E-state index contributed by atoms with van der Waals surface area (Å²) >= 11 is 7.37. The molecule has 0 unspecified atom stereocenters. The van der Waals surface area contributed by atoms with Crippen LogP contribution in [-0.2, 0) is 6.54 Å². The normalized spacial score (nSPS) is 10.4. The minimum atomic E-state index is 0.420. The van der Waals surface area contributed by atoms with Crippen LogP contribution in [0.2, 0.25) is 5.15 Å². The predicted molar refractivity (Wildman–Crippen MR) is 58.2 cm³/mol. The van der Waals surface area contributed by atoms with Crippen molar-refractivity contribution in [1.82, 2.24) is 9.97 Å². The third-order valence-corrected chi connectivity index (χ3v) is 3.24. The van der Waals surface area contributed by atoms with Gasteiger partial charge in [0.2, 0.25) is 0 Å². The molecule has 0 radical (unpaired) electrons. The van der Waals surface area contributed by atoms with Crippen molar-refractivity contribution in [1.29, 1.82) is 0 Å². The van der Waals surface area contributed by atoms with Gasteiger partial charge in [0, 0.05) is 12.7 Å². The van der Waals surface area contributed by atoms with Crippen molar-refractivity contribution in [2.75, 3.05) is 0 Å². The van der Waals surface area contributed by atoms with Crippen LogP contribution in [0.5, 0.6) is 0 Å². The topological polar surface area (TPSA) is 51.8 Å². The van der Waals surface area contributed by atoms with Crippen LogP contribution >= 0.6 is 22.9 Å². The Morgan fingerprint density at radius 1 is 1.43 bits per heavy atom. The Hall–Kier alpha value is -0.970. The molecule has 0 fully saturated rings. The molecule has 5 heteroatoms. The fraction of sp³-hybridized carbons (Fsp3) is 0.111. The van der Waals surface area contributed by atoms with Crippen LogP contribution < -0.4 is 5.73 Å². The third-order valence-electron chi connectivity index (χ3n) is 1.72. The van der Waals surface area contributed by atoms with Crippen LogP contribution in [0.15, 0.2) is 24.4 Å². The Morgan fingerprint density at radius 2 is 2.29 bits per heavy atom. The van der Waals surface area contributed by atoms with Gasteiger partial charge in [0.1, 0.15) is 10.2 Å². The standard InChI is InChI=1S/C9H8ClN3S/c10-8-7(5-11)14-9(13-8)6-3-1-2-4-12-6/h1-4H,5,11H2. The van der Waals surface area contributed by atoms with Crippen molar-refractivity contribution in [3.05, 3.63) is 34.4 Å². The van der Waals surface area contributed by atoms with Crippen molar-refractivity contribution in [2.24, 2.45) is 5.73 Å². The molecule has 3 nitrogen and oxygen atoms in total. The van der Waals surface area contributed by atoms with E-state index in [1.165, 1.54) is 11.3 Å². The van der Waals surface area contributed by atoms with E-state index in [9.17, 15) is 0 Å². The summed E-state index contributed by atoms with van der Waals surface area (Å²) in [6.07, 6.45) is 1.73.